The van der Waals surface area contributed by atoms with Gasteiger partial charge in [0.05, 0.1) is 21.2 Å². The van der Waals surface area contributed by atoms with E-state index in [0.717, 1.165) is 0 Å². The molecule has 7 N–H and O–H groups in total. The molecule has 1 radical (unpaired) electrons. The van der Waals surface area contributed by atoms with Crippen LogP contribution in [-0.4, -0.2) is 39.4 Å². The normalized spacial score (nSPS) is 10.4. The molecule has 0 unspecified atom stereocenters. The van der Waals surface area contributed by atoms with Crippen molar-refractivity contribution in [2.24, 2.45) is 10.2 Å². The number of hydrogen-bond donors (Lipinski definition) is 1. The maximum absolute atomic E-state index is 12.4. The van der Waals surface area contributed by atoms with Crippen LogP contribution >= 0.6 is 0 Å². The van der Waals surface area contributed by atoms with Crippen molar-refractivity contribution in [2.45, 2.75) is 4.90 Å². The molecule has 0 aliphatic rings. The van der Waals surface area contributed by atoms with E-state index in [1.165, 1.54) is 30.3 Å². The quantitative estimate of drug-likeness (QED) is 0.206. The maximum atomic E-state index is 12.4. The number of aromatic hydroxyl groups is 1. The summed E-state index contributed by atoms with van der Waals surface area (Å²) in [5.74, 6) is -2.05. The number of benzene rings is 3. The predicted octanol–water partition coefficient (Wildman–Crippen LogP) is -0.556. The Kier molecular flexibility index (Phi) is 10.9. The number of phenols is 1. The second kappa shape index (κ2) is 11.3. The van der Waals surface area contributed by atoms with Gasteiger partial charge >= 0.3 is 17.4 Å². The van der Waals surface area contributed by atoms with Gasteiger partial charge in [-0.25, -0.2) is 8.42 Å². The molecule has 0 saturated carbocycles. The first-order valence-electron chi connectivity index (χ1n) is 7.38. The number of fused-ring (bicyclic) bond motifs is 1. The van der Waals surface area contributed by atoms with Gasteiger partial charge in [0.25, 0.3) is 5.69 Å². The van der Waals surface area contributed by atoms with Crippen LogP contribution in [-0.2, 0) is 27.5 Å². The molecule has 3 aromatic rings. The molecule has 0 fully saturated rings. The summed E-state index contributed by atoms with van der Waals surface area (Å²) in [6, 6.07) is 7.67. The van der Waals surface area contributed by atoms with Crippen molar-refractivity contribution in [3.05, 3.63) is 52.6 Å². The third-order valence-electron chi connectivity index (χ3n) is 3.74. The summed E-state index contributed by atoms with van der Waals surface area (Å²) in [5.41, 5.74) is -2.23. The molecular weight excluding hydrogens is 494 g/mol. The first kappa shape index (κ1) is 30.8. The Labute approximate surface area is 190 Å². The number of hydrogen-bond acceptors (Lipinski definition) is 10. The molecule has 0 spiro atoms. The second-order valence-corrected chi connectivity index (χ2v) is 6.87. The van der Waals surface area contributed by atoms with E-state index in [0.29, 0.717) is 12.1 Å². The van der Waals surface area contributed by atoms with Crippen molar-refractivity contribution in [1.29, 1.82) is 0 Å². The van der Waals surface area contributed by atoms with Gasteiger partial charge < -0.3 is 36.3 Å². The Morgan fingerprint density at radius 3 is 2.03 bits per heavy atom. The molecule has 0 heterocycles. The van der Waals surface area contributed by atoms with Crippen molar-refractivity contribution in [1.82, 2.24) is 0 Å². The van der Waals surface area contributed by atoms with Crippen LogP contribution in [0.4, 0.5) is 17.1 Å². The largest absolute Gasteiger partial charge is 3.00 e. The van der Waals surface area contributed by atoms with Crippen LogP contribution in [0, 0.1) is 10.1 Å². The van der Waals surface area contributed by atoms with Gasteiger partial charge in [-0.15, -0.1) is 0 Å². The summed E-state index contributed by atoms with van der Waals surface area (Å²) < 4.78 is 33.5. The van der Waals surface area contributed by atoms with E-state index < -0.39 is 42.8 Å². The zero-order valence-electron chi connectivity index (χ0n) is 15.5. The van der Waals surface area contributed by atoms with E-state index in [4.69, 9.17) is 0 Å². The molecular formula is C16H14CrN3O11S. The van der Waals surface area contributed by atoms with Crippen LogP contribution in [0.15, 0.2) is 57.6 Å². The SMILES string of the molecule is O.O.O.O=[N+]([O-])c1cc(S(=O)(=O)[O-])cc(N=Nc2ccc3c(O)cccc3c2[O-])c1[O-].[Cr+3]. The van der Waals surface area contributed by atoms with E-state index in [-0.39, 0.29) is 56.0 Å². The molecule has 3 rings (SSSR count). The molecule has 0 bridgehead atoms. The number of nitro groups is 1. The van der Waals surface area contributed by atoms with Gasteiger partial charge in [0.15, 0.2) is 0 Å². The van der Waals surface area contributed by atoms with E-state index in [9.17, 15) is 38.4 Å². The zero-order valence-corrected chi connectivity index (χ0v) is 17.6. The molecule has 0 aromatic heterocycles. The molecule has 14 nitrogen and oxygen atoms in total. The Balaban J connectivity index is 0. The average Bonchev–Trinajstić information content (AvgIpc) is 2.61. The molecule has 0 atom stereocenters. The van der Waals surface area contributed by atoms with Crippen LogP contribution in [0.1, 0.15) is 0 Å². The number of phenolic OH excluding ortho intramolecular Hbond substituents is 1. The first-order valence-corrected chi connectivity index (χ1v) is 8.79. The standard InChI is InChI=1S/C16H11N3O8S.Cr.3H2O/c20-14-3-1-2-10-9(14)4-5-11(15(10)21)17-18-12-6-8(28(25,26)27)7-13(16(12)22)19(23)24;;;;/h1-7,20-22H,(H,25,26,27);;3*1H2/q;+3;;;/p-3. The molecule has 16 heteroatoms. The minimum atomic E-state index is -5.11. The van der Waals surface area contributed by atoms with Crippen LogP contribution in [0.2, 0.25) is 0 Å². The van der Waals surface area contributed by atoms with Crippen molar-refractivity contribution in [3.8, 4) is 17.2 Å². The maximum Gasteiger partial charge on any atom is 3.00 e. The van der Waals surface area contributed by atoms with E-state index in [1.54, 1.807) is 0 Å². The Bertz CT molecular complexity index is 1270. The van der Waals surface area contributed by atoms with Crippen LogP contribution in [0.25, 0.3) is 10.8 Å². The van der Waals surface area contributed by atoms with Crippen LogP contribution in [0.3, 0.4) is 0 Å². The summed E-state index contributed by atoms with van der Waals surface area (Å²) in [4.78, 5) is 8.73. The number of rotatable bonds is 4. The summed E-state index contributed by atoms with van der Waals surface area (Å²) >= 11 is 0. The van der Waals surface area contributed by atoms with E-state index in [1.807, 2.05) is 0 Å². The average molecular weight is 508 g/mol. The van der Waals surface area contributed by atoms with Gasteiger partial charge in [-0.05, 0) is 29.7 Å². The molecule has 0 aliphatic heterocycles. The molecule has 0 amide bonds. The van der Waals surface area contributed by atoms with E-state index >= 15 is 0 Å². The summed E-state index contributed by atoms with van der Waals surface area (Å²) in [6.45, 7) is 0. The number of nitrogens with zero attached hydrogens (tertiary/aromatic N) is 3. The third kappa shape index (κ3) is 5.87. The molecule has 0 saturated heterocycles. The molecule has 32 heavy (non-hydrogen) atoms. The van der Waals surface area contributed by atoms with Gasteiger partial charge in [0.2, 0.25) is 0 Å². The van der Waals surface area contributed by atoms with Crippen molar-refractivity contribution in [3.63, 3.8) is 0 Å². The predicted molar refractivity (Wildman–Crippen MR) is 101 cm³/mol. The topological polar surface area (TPSA) is 286 Å². The van der Waals surface area contributed by atoms with Crippen molar-refractivity contribution < 1.29 is 67.0 Å². The Morgan fingerprint density at radius 2 is 1.47 bits per heavy atom. The van der Waals surface area contributed by atoms with Gasteiger partial charge in [-0.1, -0.05) is 17.9 Å². The molecule has 171 valence electrons. The summed E-state index contributed by atoms with van der Waals surface area (Å²) in [5, 5.41) is 52.4. The smallest absolute Gasteiger partial charge is 0.871 e. The Hall–Kier alpha value is -3.36. The fraction of sp³-hybridized carbons (Fsp3) is 0. The summed E-state index contributed by atoms with van der Waals surface area (Å²) in [6.07, 6.45) is 0. The van der Waals surface area contributed by atoms with Gasteiger partial charge in [-0.3, -0.25) is 10.1 Å². The summed E-state index contributed by atoms with van der Waals surface area (Å²) in [7, 11) is -5.11. The van der Waals surface area contributed by atoms with E-state index in [2.05, 4.69) is 10.2 Å². The first-order chi connectivity index (χ1) is 13.1. The second-order valence-electron chi connectivity index (χ2n) is 5.49. The number of azo groups is 1. The fourth-order valence-corrected chi connectivity index (χ4v) is 2.93. The third-order valence-corrected chi connectivity index (χ3v) is 4.56. The van der Waals surface area contributed by atoms with Crippen molar-refractivity contribution in [2.75, 3.05) is 0 Å². The molecule has 3 aromatic carbocycles. The monoisotopic (exact) mass is 508 g/mol. The van der Waals surface area contributed by atoms with Gasteiger partial charge in [-0.2, -0.15) is 10.2 Å². The molecule has 0 aliphatic carbocycles. The minimum absolute atomic E-state index is 0. The van der Waals surface area contributed by atoms with Gasteiger partial charge in [0, 0.05) is 17.2 Å². The zero-order chi connectivity index (χ0) is 20.6. The van der Waals surface area contributed by atoms with Gasteiger partial charge in [0.1, 0.15) is 15.9 Å². The van der Waals surface area contributed by atoms with Crippen LogP contribution in [0.5, 0.6) is 17.2 Å². The van der Waals surface area contributed by atoms with Crippen molar-refractivity contribution >= 4 is 38.0 Å². The number of nitro benzene ring substituents is 1. The fourth-order valence-electron chi connectivity index (χ4n) is 2.42. The Morgan fingerprint density at radius 1 is 0.875 bits per heavy atom. The minimum Gasteiger partial charge on any atom is -0.871 e. The van der Waals surface area contributed by atoms with Crippen LogP contribution < -0.4 is 10.2 Å².